The predicted octanol–water partition coefficient (Wildman–Crippen LogP) is 4.90. The van der Waals surface area contributed by atoms with Gasteiger partial charge in [0, 0.05) is 0 Å². The van der Waals surface area contributed by atoms with Gasteiger partial charge in [-0.2, -0.15) is 0 Å². The van der Waals surface area contributed by atoms with Gasteiger partial charge in [-0.25, -0.2) is 0 Å². The second-order valence-electron chi connectivity index (χ2n) is 5.52. The average Bonchev–Trinajstić information content (AvgIpc) is 2.52. The summed E-state index contributed by atoms with van der Waals surface area (Å²) in [5, 5.41) is 0. The summed E-state index contributed by atoms with van der Waals surface area (Å²) in [4.78, 5) is 0. The fourth-order valence-corrected chi connectivity index (χ4v) is 2.41. The zero-order valence-corrected chi connectivity index (χ0v) is 12.5. The standard InChI is InChI=1S/C19H24O/c1-16(8-10-17-6-4-3-5-7-17)9-11-18-12-14-19(20-2)15-13-18/h3-7,12-16H,8-11H2,1-2H3. The summed E-state index contributed by atoms with van der Waals surface area (Å²) in [6.45, 7) is 2.35. The van der Waals surface area contributed by atoms with Gasteiger partial charge in [-0.05, 0) is 54.9 Å². The molecule has 2 aromatic carbocycles. The van der Waals surface area contributed by atoms with Gasteiger partial charge >= 0.3 is 0 Å². The van der Waals surface area contributed by atoms with Gasteiger partial charge in [-0.3, -0.25) is 0 Å². The molecule has 1 nitrogen and oxygen atoms in total. The van der Waals surface area contributed by atoms with E-state index in [4.69, 9.17) is 4.74 Å². The van der Waals surface area contributed by atoms with Crippen LogP contribution in [0.5, 0.6) is 5.75 Å². The molecule has 0 aliphatic heterocycles. The van der Waals surface area contributed by atoms with Crippen molar-refractivity contribution in [3.63, 3.8) is 0 Å². The number of rotatable bonds is 7. The van der Waals surface area contributed by atoms with Crippen LogP contribution in [0.25, 0.3) is 0 Å². The first-order valence-corrected chi connectivity index (χ1v) is 7.45. The Hall–Kier alpha value is -1.76. The van der Waals surface area contributed by atoms with Crippen molar-refractivity contribution in [2.24, 2.45) is 5.92 Å². The second-order valence-corrected chi connectivity index (χ2v) is 5.52. The van der Waals surface area contributed by atoms with E-state index in [0.717, 1.165) is 18.1 Å². The molecule has 0 saturated carbocycles. The van der Waals surface area contributed by atoms with Crippen molar-refractivity contribution in [1.82, 2.24) is 0 Å². The Morgan fingerprint density at radius 1 is 0.800 bits per heavy atom. The molecule has 1 atom stereocenters. The Kier molecular flexibility index (Phi) is 5.67. The Morgan fingerprint density at radius 3 is 1.90 bits per heavy atom. The molecule has 2 aromatic rings. The number of hydrogen-bond acceptors (Lipinski definition) is 1. The molecule has 0 fully saturated rings. The zero-order valence-electron chi connectivity index (χ0n) is 12.5. The second kappa shape index (κ2) is 7.74. The van der Waals surface area contributed by atoms with Gasteiger partial charge in [0.1, 0.15) is 5.75 Å². The lowest BCUT2D eigenvalue weighted by atomic mass is 9.95. The van der Waals surface area contributed by atoms with Gasteiger partial charge in [-0.15, -0.1) is 0 Å². The minimum atomic E-state index is 0.761. The highest BCUT2D eigenvalue weighted by Crippen LogP contribution is 2.17. The van der Waals surface area contributed by atoms with Crippen molar-refractivity contribution in [2.45, 2.75) is 32.6 Å². The molecule has 0 aromatic heterocycles. The van der Waals surface area contributed by atoms with Gasteiger partial charge in [-0.1, -0.05) is 49.4 Å². The van der Waals surface area contributed by atoms with Gasteiger partial charge in [0.05, 0.1) is 7.11 Å². The highest BCUT2D eigenvalue weighted by atomic mass is 16.5. The molecule has 0 aliphatic carbocycles. The first-order chi connectivity index (χ1) is 9.78. The third-order valence-corrected chi connectivity index (χ3v) is 3.85. The summed E-state index contributed by atoms with van der Waals surface area (Å²) in [6, 6.07) is 19.2. The van der Waals surface area contributed by atoms with E-state index in [1.165, 1.54) is 30.4 Å². The number of methoxy groups -OCH3 is 1. The molecule has 1 heteroatoms. The summed E-state index contributed by atoms with van der Waals surface area (Å²) < 4.78 is 5.18. The predicted molar refractivity (Wildman–Crippen MR) is 85.2 cm³/mol. The van der Waals surface area contributed by atoms with Crippen molar-refractivity contribution in [3.05, 3.63) is 65.7 Å². The van der Waals surface area contributed by atoms with Crippen LogP contribution in [0.3, 0.4) is 0 Å². The first kappa shape index (κ1) is 14.6. The Labute approximate surface area is 122 Å². The molecular formula is C19H24O. The molecule has 0 radical (unpaired) electrons. The van der Waals surface area contributed by atoms with Crippen LogP contribution in [0.4, 0.5) is 0 Å². The van der Waals surface area contributed by atoms with E-state index in [2.05, 4.69) is 49.4 Å². The van der Waals surface area contributed by atoms with Crippen LogP contribution >= 0.6 is 0 Å². The minimum absolute atomic E-state index is 0.761. The van der Waals surface area contributed by atoms with Crippen LogP contribution in [0, 0.1) is 5.92 Å². The van der Waals surface area contributed by atoms with Crippen LogP contribution in [-0.4, -0.2) is 7.11 Å². The lowest BCUT2D eigenvalue weighted by molar-refractivity contribution is 0.414. The van der Waals surface area contributed by atoms with Crippen LogP contribution in [0.15, 0.2) is 54.6 Å². The highest BCUT2D eigenvalue weighted by molar-refractivity contribution is 5.27. The minimum Gasteiger partial charge on any atom is -0.497 e. The summed E-state index contributed by atoms with van der Waals surface area (Å²) in [6.07, 6.45) is 4.85. The summed E-state index contributed by atoms with van der Waals surface area (Å²) in [7, 11) is 1.71. The van der Waals surface area contributed by atoms with E-state index in [-0.39, 0.29) is 0 Å². The molecule has 0 heterocycles. The van der Waals surface area contributed by atoms with Gasteiger partial charge in [0.2, 0.25) is 0 Å². The van der Waals surface area contributed by atoms with E-state index in [0.29, 0.717) is 0 Å². The molecule has 0 aliphatic rings. The third-order valence-electron chi connectivity index (χ3n) is 3.85. The monoisotopic (exact) mass is 268 g/mol. The van der Waals surface area contributed by atoms with Gasteiger partial charge < -0.3 is 4.74 Å². The van der Waals surface area contributed by atoms with Gasteiger partial charge in [0.25, 0.3) is 0 Å². The van der Waals surface area contributed by atoms with Crippen LogP contribution in [0.1, 0.15) is 30.9 Å². The van der Waals surface area contributed by atoms with Crippen LogP contribution < -0.4 is 4.74 Å². The Bertz CT molecular complexity index is 487. The van der Waals surface area contributed by atoms with Crippen molar-refractivity contribution in [1.29, 1.82) is 0 Å². The lowest BCUT2D eigenvalue weighted by Crippen LogP contribution is -2.00. The first-order valence-electron chi connectivity index (χ1n) is 7.45. The molecule has 0 N–H and O–H groups in total. The summed E-state index contributed by atoms with van der Waals surface area (Å²) >= 11 is 0. The van der Waals surface area contributed by atoms with Crippen LogP contribution in [-0.2, 0) is 12.8 Å². The van der Waals surface area contributed by atoms with Crippen molar-refractivity contribution in [3.8, 4) is 5.75 Å². The maximum atomic E-state index is 5.18. The normalized spacial score (nSPS) is 12.1. The molecule has 0 amide bonds. The van der Waals surface area contributed by atoms with E-state index in [9.17, 15) is 0 Å². The van der Waals surface area contributed by atoms with E-state index >= 15 is 0 Å². The Morgan fingerprint density at radius 2 is 1.35 bits per heavy atom. The molecule has 106 valence electrons. The topological polar surface area (TPSA) is 9.23 Å². The van der Waals surface area contributed by atoms with Crippen molar-refractivity contribution < 1.29 is 4.74 Å². The highest BCUT2D eigenvalue weighted by Gasteiger charge is 2.04. The SMILES string of the molecule is COc1ccc(CCC(C)CCc2ccccc2)cc1. The number of hydrogen-bond donors (Lipinski definition) is 0. The molecular weight excluding hydrogens is 244 g/mol. The van der Waals surface area contributed by atoms with E-state index in [1.807, 2.05) is 12.1 Å². The number of benzene rings is 2. The smallest absolute Gasteiger partial charge is 0.118 e. The number of aryl methyl sites for hydroxylation is 2. The maximum absolute atomic E-state index is 5.18. The van der Waals surface area contributed by atoms with Crippen LogP contribution in [0.2, 0.25) is 0 Å². The quantitative estimate of drug-likeness (QED) is 0.694. The maximum Gasteiger partial charge on any atom is 0.118 e. The zero-order chi connectivity index (χ0) is 14.2. The largest absolute Gasteiger partial charge is 0.497 e. The summed E-state index contributed by atoms with van der Waals surface area (Å²) in [5.41, 5.74) is 2.85. The Balaban J connectivity index is 1.73. The fourth-order valence-electron chi connectivity index (χ4n) is 2.41. The van der Waals surface area contributed by atoms with Crippen molar-refractivity contribution >= 4 is 0 Å². The molecule has 0 spiro atoms. The molecule has 0 bridgehead atoms. The third kappa shape index (κ3) is 4.73. The number of ether oxygens (including phenoxy) is 1. The van der Waals surface area contributed by atoms with E-state index < -0.39 is 0 Å². The summed E-state index contributed by atoms with van der Waals surface area (Å²) in [5.74, 6) is 1.70. The molecule has 20 heavy (non-hydrogen) atoms. The molecule has 1 unspecified atom stereocenters. The molecule has 0 saturated heterocycles. The molecule has 2 rings (SSSR count). The lowest BCUT2D eigenvalue weighted by Gasteiger charge is -2.11. The average molecular weight is 268 g/mol. The fraction of sp³-hybridized carbons (Fsp3) is 0.368. The van der Waals surface area contributed by atoms with Crippen molar-refractivity contribution in [2.75, 3.05) is 7.11 Å². The van der Waals surface area contributed by atoms with E-state index in [1.54, 1.807) is 7.11 Å². The van der Waals surface area contributed by atoms with Gasteiger partial charge in [0.15, 0.2) is 0 Å².